The highest BCUT2D eigenvalue weighted by atomic mass is 16.1. The average molecular weight is 295 g/mol. The van der Waals surface area contributed by atoms with Crippen molar-refractivity contribution in [3.63, 3.8) is 0 Å². The Morgan fingerprint density at radius 3 is 2.64 bits per heavy atom. The molecule has 1 unspecified atom stereocenters. The molecule has 114 valence electrons. The third kappa shape index (κ3) is 3.65. The SMILES string of the molecule is O=C(NCC1CCCN1)c1ccccc1Nc1ccccc1. The standard InChI is InChI=1S/C18H21N3O/c22-18(20-13-15-9-6-12-19-15)16-10-4-5-11-17(16)21-14-7-2-1-3-8-14/h1-5,7-8,10-11,15,19,21H,6,9,12-13H2,(H,20,22). The van der Waals surface area contributed by atoms with Crippen molar-refractivity contribution >= 4 is 17.3 Å². The first-order valence-corrected chi connectivity index (χ1v) is 7.75. The van der Waals surface area contributed by atoms with Gasteiger partial charge in [-0.2, -0.15) is 0 Å². The summed E-state index contributed by atoms with van der Waals surface area (Å²) in [5.41, 5.74) is 2.47. The monoisotopic (exact) mass is 295 g/mol. The van der Waals surface area contributed by atoms with Crippen LogP contribution in [0.5, 0.6) is 0 Å². The molecule has 0 aliphatic carbocycles. The molecule has 0 radical (unpaired) electrons. The van der Waals surface area contributed by atoms with E-state index in [9.17, 15) is 4.79 Å². The summed E-state index contributed by atoms with van der Waals surface area (Å²) in [4.78, 5) is 12.4. The first kappa shape index (κ1) is 14.6. The summed E-state index contributed by atoms with van der Waals surface area (Å²) in [5.74, 6) is -0.0345. The van der Waals surface area contributed by atoms with E-state index in [0.717, 1.165) is 24.3 Å². The number of carbonyl (C=O) groups is 1. The number of amides is 1. The number of nitrogens with one attached hydrogen (secondary N) is 3. The van der Waals surface area contributed by atoms with Crippen LogP contribution in [0.1, 0.15) is 23.2 Å². The zero-order chi connectivity index (χ0) is 15.2. The van der Waals surface area contributed by atoms with E-state index in [1.165, 1.54) is 6.42 Å². The Labute approximate surface area is 130 Å². The summed E-state index contributed by atoms with van der Waals surface area (Å²) in [6.45, 7) is 1.73. The number of carbonyl (C=O) groups excluding carboxylic acids is 1. The molecule has 1 atom stereocenters. The minimum absolute atomic E-state index is 0.0345. The first-order chi connectivity index (χ1) is 10.8. The van der Waals surface area contributed by atoms with Gasteiger partial charge >= 0.3 is 0 Å². The van der Waals surface area contributed by atoms with E-state index in [4.69, 9.17) is 0 Å². The van der Waals surface area contributed by atoms with Crippen molar-refractivity contribution in [1.29, 1.82) is 0 Å². The van der Waals surface area contributed by atoms with Crippen molar-refractivity contribution in [2.75, 3.05) is 18.4 Å². The molecule has 0 bridgehead atoms. The van der Waals surface area contributed by atoms with E-state index in [1.54, 1.807) is 0 Å². The molecule has 1 heterocycles. The zero-order valence-corrected chi connectivity index (χ0v) is 12.5. The van der Waals surface area contributed by atoms with Crippen LogP contribution in [-0.2, 0) is 0 Å². The average Bonchev–Trinajstić information content (AvgIpc) is 3.08. The van der Waals surface area contributed by atoms with Crippen molar-refractivity contribution in [2.45, 2.75) is 18.9 Å². The van der Waals surface area contributed by atoms with E-state index < -0.39 is 0 Å². The van der Waals surface area contributed by atoms with E-state index >= 15 is 0 Å². The van der Waals surface area contributed by atoms with Gasteiger partial charge in [-0.05, 0) is 43.7 Å². The lowest BCUT2D eigenvalue weighted by atomic mass is 10.1. The number of hydrogen-bond donors (Lipinski definition) is 3. The number of benzene rings is 2. The highest BCUT2D eigenvalue weighted by Gasteiger charge is 2.16. The Bertz CT molecular complexity index is 621. The largest absolute Gasteiger partial charge is 0.355 e. The Hall–Kier alpha value is -2.33. The number of rotatable bonds is 5. The molecule has 4 nitrogen and oxygen atoms in total. The molecule has 0 spiro atoms. The van der Waals surface area contributed by atoms with E-state index in [1.807, 2.05) is 54.6 Å². The van der Waals surface area contributed by atoms with Gasteiger partial charge in [0.05, 0.1) is 11.3 Å². The van der Waals surface area contributed by atoms with Crippen molar-refractivity contribution in [1.82, 2.24) is 10.6 Å². The summed E-state index contributed by atoms with van der Waals surface area (Å²) >= 11 is 0. The molecule has 2 aromatic carbocycles. The third-order valence-electron chi connectivity index (χ3n) is 3.90. The quantitative estimate of drug-likeness (QED) is 0.795. The van der Waals surface area contributed by atoms with Crippen molar-refractivity contribution < 1.29 is 4.79 Å². The molecule has 22 heavy (non-hydrogen) atoms. The fourth-order valence-electron chi connectivity index (χ4n) is 2.71. The first-order valence-electron chi connectivity index (χ1n) is 7.75. The van der Waals surface area contributed by atoms with Gasteiger partial charge in [-0.15, -0.1) is 0 Å². The van der Waals surface area contributed by atoms with Gasteiger partial charge < -0.3 is 16.0 Å². The molecule has 1 aliphatic rings. The summed E-state index contributed by atoms with van der Waals surface area (Å²) in [7, 11) is 0. The van der Waals surface area contributed by atoms with Gasteiger partial charge in [-0.25, -0.2) is 0 Å². The Kier molecular flexibility index (Phi) is 4.71. The summed E-state index contributed by atoms with van der Waals surface area (Å²) in [6.07, 6.45) is 2.32. The maximum absolute atomic E-state index is 12.4. The van der Waals surface area contributed by atoms with E-state index in [0.29, 0.717) is 18.2 Å². The normalized spacial score (nSPS) is 17.2. The van der Waals surface area contributed by atoms with Gasteiger partial charge in [0.25, 0.3) is 5.91 Å². The topological polar surface area (TPSA) is 53.2 Å². The highest BCUT2D eigenvalue weighted by molar-refractivity contribution is 6.00. The van der Waals surface area contributed by atoms with Gasteiger partial charge in [0.15, 0.2) is 0 Å². The second kappa shape index (κ2) is 7.09. The predicted molar refractivity (Wildman–Crippen MR) is 89.5 cm³/mol. The molecular weight excluding hydrogens is 274 g/mol. The van der Waals surface area contributed by atoms with E-state index in [-0.39, 0.29) is 5.91 Å². The molecule has 0 saturated carbocycles. The summed E-state index contributed by atoms with van der Waals surface area (Å²) in [5, 5.41) is 9.72. The van der Waals surface area contributed by atoms with Gasteiger partial charge in [-0.1, -0.05) is 30.3 Å². The van der Waals surface area contributed by atoms with Crippen LogP contribution in [0.4, 0.5) is 11.4 Å². The van der Waals surface area contributed by atoms with Crippen LogP contribution < -0.4 is 16.0 Å². The minimum Gasteiger partial charge on any atom is -0.355 e. The van der Waals surface area contributed by atoms with Crippen LogP contribution in [0.15, 0.2) is 54.6 Å². The molecule has 1 amide bonds. The Balaban J connectivity index is 1.68. The van der Waals surface area contributed by atoms with Crippen molar-refractivity contribution in [3.8, 4) is 0 Å². The van der Waals surface area contributed by atoms with Crippen LogP contribution >= 0.6 is 0 Å². The molecule has 0 aromatic heterocycles. The third-order valence-corrected chi connectivity index (χ3v) is 3.90. The van der Waals surface area contributed by atoms with Crippen LogP contribution in [0.3, 0.4) is 0 Å². The Morgan fingerprint density at radius 1 is 1.09 bits per heavy atom. The molecule has 1 saturated heterocycles. The summed E-state index contributed by atoms with van der Waals surface area (Å²) in [6, 6.07) is 17.9. The fraction of sp³-hybridized carbons (Fsp3) is 0.278. The lowest BCUT2D eigenvalue weighted by molar-refractivity contribution is 0.0951. The van der Waals surface area contributed by atoms with Crippen LogP contribution in [0.2, 0.25) is 0 Å². The lowest BCUT2D eigenvalue weighted by Gasteiger charge is -2.14. The summed E-state index contributed by atoms with van der Waals surface area (Å²) < 4.78 is 0. The second-order valence-electron chi connectivity index (χ2n) is 5.54. The second-order valence-corrected chi connectivity index (χ2v) is 5.54. The van der Waals surface area contributed by atoms with Crippen LogP contribution in [0.25, 0.3) is 0 Å². The fourth-order valence-corrected chi connectivity index (χ4v) is 2.71. The van der Waals surface area contributed by atoms with Gasteiger partial charge in [0.2, 0.25) is 0 Å². The van der Waals surface area contributed by atoms with Crippen LogP contribution in [-0.4, -0.2) is 25.0 Å². The molecule has 1 aliphatic heterocycles. The molecular formula is C18H21N3O. The Morgan fingerprint density at radius 2 is 1.86 bits per heavy atom. The smallest absolute Gasteiger partial charge is 0.253 e. The molecule has 4 heteroatoms. The lowest BCUT2D eigenvalue weighted by Crippen LogP contribution is -2.37. The van der Waals surface area contributed by atoms with Crippen molar-refractivity contribution in [3.05, 3.63) is 60.2 Å². The highest BCUT2D eigenvalue weighted by Crippen LogP contribution is 2.20. The molecule has 3 rings (SSSR count). The molecule has 2 aromatic rings. The maximum Gasteiger partial charge on any atom is 0.253 e. The van der Waals surface area contributed by atoms with Gasteiger partial charge in [0.1, 0.15) is 0 Å². The van der Waals surface area contributed by atoms with Gasteiger partial charge in [0, 0.05) is 18.3 Å². The maximum atomic E-state index is 12.4. The van der Waals surface area contributed by atoms with E-state index in [2.05, 4.69) is 16.0 Å². The number of para-hydroxylation sites is 2. The van der Waals surface area contributed by atoms with Crippen molar-refractivity contribution in [2.24, 2.45) is 0 Å². The number of anilines is 2. The molecule has 3 N–H and O–H groups in total. The minimum atomic E-state index is -0.0345. The molecule has 1 fully saturated rings. The number of hydrogen-bond acceptors (Lipinski definition) is 3. The van der Waals surface area contributed by atoms with Gasteiger partial charge in [-0.3, -0.25) is 4.79 Å². The predicted octanol–water partition coefficient (Wildman–Crippen LogP) is 2.91. The zero-order valence-electron chi connectivity index (χ0n) is 12.5. The van der Waals surface area contributed by atoms with Crippen LogP contribution in [0, 0.1) is 0 Å².